The second-order valence-electron chi connectivity index (χ2n) is 5.44. The van der Waals surface area contributed by atoms with Crippen LogP contribution in [-0.2, 0) is 12.8 Å². The Morgan fingerprint density at radius 3 is 3.05 bits per heavy atom. The zero-order valence-corrected chi connectivity index (χ0v) is 13.2. The molecule has 1 aromatic heterocycles. The molecule has 0 unspecified atom stereocenters. The van der Waals surface area contributed by atoms with Gasteiger partial charge in [-0.25, -0.2) is 0 Å². The summed E-state index contributed by atoms with van der Waals surface area (Å²) in [6, 6.07) is 6.76. The van der Waals surface area contributed by atoms with E-state index in [0.29, 0.717) is 5.95 Å². The van der Waals surface area contributed by atoms with Crippen LogP contribution in [0, 0.1) is 0 Å². The number of benzene rings is 1. The molecule has 0 amide bonds. The molecule has 6 heteroatoms. The van der Waals surface area contributed by atoms with Crippen molar-refractivity contribution in [2.45, 2.75) is 37.9 Å². The summed E-state index contributed by atoms with van der Waals surface area (Å²) in [6.07, 6.45) is 2.03. The van der Waals surface area contributed by atoms with E-state index in [1.54, 1.807) is 11.8 Å². The molecule has 2 heterocycles. The number of hydrogen-bond donors (Lipinski definition) is 1. The van der Waals surface area contributed by atoms with E-state index in [1.807, 2.05) is 4.57 Å². The normalized spacial score (nSPS) is 13.5. The van der Waals surface area contributed by atoms with Gasteiger partial charge in [0.1, 0.15) is 5.75 Å². The quantitative estimate of drug-likeness (QED) is 0.860. The zero-order chi connectivity index (χ0) is 14.8. The molecule has 0 radical (unpaired) electrons. The van der Waals surface area contributed by atoms with Crippen molar-refractivity contribution in [1.29, 1.82) is 0 Å². The topological polar surface area (TPSA) is 66.0 Å². The molecule has 0 bridgehead atoms. The summed E-state index contributed by atoms with van der Waals surface area (Å²) in [4.78, 5) is 0. The summed E-state index contributed by atoms with van der Waals surface area (Å²) >= 11 is 1.70. The SMILES string of the molecule is CC(C)n1c(N)nnc1SCCc1ccc2c(c1)CCO2. The van der Waals surface area contributed by atoms with Crippen LogP contribution in [0.5, 0.6) is 5.75 Å². The number of fused-ring (bicyclic) bond motifs is 1. The third kappa shape index (κ3) is 3.00. The number of hydrogen-bond acceptors (Lipinski definition) is 5. The fourth-order valence-corrected chi connectivity index (χ4v) is 3.59. The molecule has 0 saturated carbocycles. The third-order valence-electron chi connectivity index (χ3n) is 3.58. The second kappa shape index (κ2) is 5.97. The van der Waals surface area contributed by atoms with Crippen LogP contribution in [0.3, 0.4) is 0 Å². The summed E-state index contributed by atoms with van der Waals surface area (Å²) in [5.41, 5.74) is 8.52. The standard InChI is InChI=1S/C15H20N4OS/c1-10(2)19-14(16)17-18-15(19)21-8-6-11-3-4-13-12(9-11)5-7-20-13/h3-4,9-10H,5-8H2,1-2H3,(H2,16,17). The highest BCUT2D eigenvalue weighted by Gasteiger charge is 2.14. The van der Waals surface area contributed by atoms with Crippen molar-refractivity contribution >= 4 is 17.7 Å². The number of rotatable bonds is 5. The number of anilines is 1. The summed E-state index contributed by atoms with van der Waals surface area (Å²) in [5, 5.41) is 9.02. The van der Waals surface area contributed by atoms with Gasteiger partial charge in [0, 0.05) is 18.2 Å². The van der Waals surface area contributed by atoms with Gasteiger partial charge < -0.3 is 10.5 Å². The molecule has 0 saturated heterocycles. The van der Waals surface area contributed by atoms with E-state index < -0.39 is 0 Å². The highest BCUT2D eigenvalue weighted by Crippen LogP contribution is 2.27. The molecule has 0 aliphatic carbocycles. The Morgan fingerprint density at radius 1 is 1.38 bits per heavy atom. The minimum Gasteiger partial charge on any atom is -0.493 e. The molecule has 3 rings (SSSR count). The van der Waals surface area contributed by atoms with E-state index in [2.05, 4.69) is 42.2 Å². The first kappa shape index (κ1) is 14.3. The summed E-state index contributed by atoms with van der Waals surface area (Å²) < 4.78 is 7.50. The maximum Gasteiger partial charge on any atom is 0.222 e. The molecule has 2 N–H and O–H groups in total. The van der Waals surface area contributed by atoms with Crippen molar-refractivity contribution in [2.75, 3.05) is 18.1 Å². The lowest BCUT2D eigenvalue weighted by Crippen LogP contribution is -2.07. The predicted octanol–water partition coefficient (Wildman–Crippen LogP) is 2.71. The average Bonchev–Trinajstić information content (AvgIpc) is 3.04. The lowest BCUT2D eigenvalue weighted by atomic mass is 10.1. The molecule has 1 aromatic carbocycles. The van der Waals surface area contributed by atoms with Gasteiger partial charge in [0.05, 0.1) is 6.61 Å². The van der Waals surface area contributed by atoms with E-state index in [9.17, 15) is 0 Å². The number of nitrogens with zero attached hydrogens (tertiary/aromatic N) is 3. The predicted molar refractivity (Wildman–Crippen MR) is 84.9 cm³/mol. The van der Waals surface area contributed by atoms with Gasteiger partial charge in [0.2, 0.25) is 5.95 Å². The van der Waals surface area contributed by atoms with Crippen molar-refractivity contribution in [2.24, 2.45) is 0 Å². The molecule has 1 aliphatic rings. The minimum atomic E-state index is 0.277. The monoisotopic (exact) mass is 304 g/mol. The van der Waals surface area contributed by atoms with Crippen molar-refractivity contribution in [3.63, 3.8) is 0 Å². The average molecular weight is 304 g/mol. The molecule has 0 atom stereocenters. The highest BCUT2D eigenvalue weighted by molar-refractivity contribution is 7.99. The number of nitrogen functional groups attached to an aromatic ring is 1. The maximum absolute atomic E-state index is 5.85. The Balaban J connectivity index is 1.61. The molecule has 5 nitrogen and oxygen atoms in total. The van der Waals surface area contributed by atoms with Crippen LogP contribution in [0.25, 0.3) is 0 Å². The largest absolute Gasteiger partial charge is 0.493 e. The molecule has 112 valence electrons. The Kier molecular flexibility index (Phi) is 4.05. The smallest absolute Gasteiger partial charge is 0.222 e. The van der Waals surface area contributed by atoms with E-state index >= 15 is 0 Å². The lowest BCUT2D eigenvalue weighted by molar-refractivity contribution is 0.357. The van der Waals surface area contributed by atoms with Crippen LogP contribution in [0.4, 0.5) is 5.95 Å². The van der Waals surface area contributed by atoms with Crippen LogP contribution < -0.4 is 10.5 Å². The Hall–Kier alpha value is -1.69. The van der Waals surface area contributed by atoms with Gasteiger partial charge in [-0.1, -0.05) is 23.9 Å². The van der Waals surface area contributed by atoms with Crippen LogP contribution >= 0.6 is 11.8 Å². The van der Waals surface area contributed by atoms with Crippen LogP contribution in [0.1, 0.15) is 31.0 Å². The van der Waals surface area contributed by atoms with E-state index in [4.69, 9.17) is 10.5 Å². The van der Waals surface area contributed by atoms with E-state index in [1.165, 1.54) is 11.1 Å². The van der Waals surface area contributed by atoms with Crippen molar-refractivity contribution in [1.82, 2.24) is 14.8 Å². The fourth-order valence-electron chi connectivity index (χ4n) is 2.53. The number of nitrogens with two attached hydrogens (primary N) is 1. The van der Waals surface area contributed by atoms with Crippen molar-refractivity contribution in [3.8, 4) is 5.75 Å². The highest BCUT2D eigenvalue weighted by atomic mass is 32.2. The third-order valence-corrected chi connectivity index (χ3v) is 4.53. The van der Waals surface area contributed by atoms with Gasteiger partial charge in [-0.2, -0.15) is 0 Å². The Labute approximate surface area is 128 Å². The minimum absolute atomic E-state index is 0.277. The molecular formula is C15H20N4OS. The first-order valence-corrected chi connectivity index (χ1v) is 8.21. The van der Waals surface area contributed by atoms with Crippen LogP contribution in [0.2, 0.25) is 0 Å². The second-order valence-corrected chi connectivity index (χ2v) is 6.51. The maximum atomic E-state index is 5.85. The van der Waals surface area contributed by atoms with E-state index in [0.717, 1.165) is 36.1 Å². The summed E-state index contributed by atoms with van der Waals surface area (Å²) in [5.74, 6) is 2.49. The number of aromatic nitrogens is 3. The van der Waals surface area contributed by atoms with Gasteiger partial charge in [-0.3, -0.25) is 4.57 Å². The van der Waals surface area contributed by atoms with Crippen molar-refractivity contribution in [3.05, 3.63) is 29.3 Å². The Bertz CT molecular complexity index is 639. The molecule has 1 aliphatic heterocycles. The van der Waals surface area contributed by atoms with Gasteiger partial charge >= 0.3 is 0 Å². The van der Waals surface area contributed by atoms with E-state index in [-0.39, 0.29) is 6.04 Å². The van der Waals surface area contributed by atoms with Crippen LogP contribution in [-0.4, -0.2) is 27.1 Å². The molecule has 0 fully saturated rings. The van der Waals surface area contributed by atoms with Gasteiger partial charge in [-0.15, -0.1) is 10.2 Å². The van der Waals surface area contributed by atoms with Gasteiger partial charge in [0.15, 0.2) is 5.16 Å². The fraction of sp³-hybridized carbons (Fsp3) is 0.467. The first-order chi connectivity index (χ1) is 10.1. The number of aryl methyl sites for hydroxylation is 1. The Morgan fingerprint density at radius 2 is 2.24 bits per heavy atom. The van der Waals surface area contributed by atoms with Crippen molar-refractivity contribution < 1.29 is 4.74 Å². The molecule has 0 spiro atoms. The van der Waals surface area contributed by atoms with Gasteiger partial charge in [0.25, 0.3) is 0 Å². The zero-order valence-electron chi connectivity index (χ0n) is 12.4. The molecular weight excluding hydrogens is 284 g/mol. The number of thioether (sulfide) groups is 1. The summed E-state index contributed by atoms with van der Waals surface area (Å²) in [6.45, 7) is 4.98. The summed E-state index contributed by atoms with van der Waals surface area (Å²) in [7, 11) is 0. The molecule has 21 heavy (non-hydrogen) atoms. The first-order valence-electron chi connectivity index (χ1n) is 7.23. The van der Waals surface area contributed by atoms with Crippen LogP contribution in [0.15, 0.2) is 23.4 Å². The van der Waals surface area contributed by atoms with Gasteiger partial charge in [-0.05, 0) is 37.5 Å². The molecule has 2 aromatic rings. The lowest BCUT2D eigenvalue weighted by Gasteiger charge is -2.11. The number of ether oxygens (including phenoxy) is 1.